The molecule has 53 heavy (non-hydrogen) atoms. The number of hydrogen-bond acceptors (Lipinski definition) is 3. The van der Waals surface area contributed by atoms with Crippen LogP contribution in [0.25, 0.3) is 60.2 Å². The van der Waals surface area contributed by atoms with E-state index in [-0.39, 0.29) is 20.1 Å². The molecule has 0 saturated heterocycles. The Morgan fingerprint density at radius 1 is 0.792 bits per heavy atom. The molecule has 8 aromatic rings. The van der Waals surface area contributed by atoms with Gasteiger partial charge in [-0.3, -0.25) is 16.3 Å². The molecule has 0 aliphatic carbocycles. The van der Waals surface area contributed by atoms with Gasteiger partial charge in [-0.1, -0.05) is 126 Å². The summed E-state index contributed by atoms with van der Waals surface area (Å²) in [5.74, 6) is 1.62. The first kappa shape index (κ1) is 38.5. The van der Waals surface area contributed by atoms with Crippen LogP contribution in [0.2, 0.25) is 19.6 Å². The van der Waals surface area contributed by atoms with Gasteiger partial charge in [0.05, 0.1) is 24.9 Å². The molecular weight excluding hydrogens is 859 g/mol. The number of aryl methyl sites for hydroxylation is 4. The molecule has 0 aliphatic rings. The Bertz CT molecular complexity index is 2540. The monoisotopic (exact) mass is 906 g/mol. The maximum Gasteiger partial charge on any atom is 0.0798 e. The van der Waals surface area contributed by atoms with Crippen molar-refractivity contribution in [2.45, 2.75) is 67.6 Å². The largest absolute Gasteiger partial charge is 0.333 e. The van der Waals surface area contributed by atoms with Crippen LogP contribution < -0.4 is 5.19 Å². The normalized spacial score (nSPS) is 11.6. The molecule has 0 spiro atoms. The fourth-order valence-corrected chi connectivity index (χ4v) is 9.89. The van der Waals surface area contributed by atoms with Crippen molar-refractivity contribution < 1.29 is 20.1 Å². The average Bonchev–Trinajstić information content (AvgIpc) is 3.68. The van der Waals surface area contributed by atoms with Crippen LogP contribution in [0.3, 0.4) is 0 Å². The number of imidazole rings is 1. The molecule has 0 fully saturated rings. The summed E-state index contributed by atoms with van der Waals surface area (Å²) in [6.07, 6.45) is 3.24. The van der Waals surface area contributed by atoms with Crippen molar-refractivity contribution in [3.8, 4) is 28.3 Å². The number of nitrogens with zero attached hydrogens (tertiary/aromatic N) is 3. The van der Waals surface area contributed by atoms with E-state index < -0.39 is 8.07 Å². The number of benzene rings is 5. The van der Waals surface area contributed by atoms with Gasteiger partial charge in [0.15, 0.2) is 0 Å². The van der Waals surface area contributed by atoms with Gasteiger partial charge in [-0.05, 0) is 84.9 Å². The molecule has 0 unspecified atom stereocenters. The van der Waals surface area contributed by atoms with E-state index in [1.54, 1.807) is 11.3 Å². The molecule has 0 saturated carbocycles. The minimum absolute atomic E-state index is 0. The zero-order chi connectivity index (χ0) is 36.7. The first-order valence-corrected chi connectivity index (χ1v) is 22.6. The molecule has 3 nitrogen and oxygen atoms in total. The fourth-order valence-electron chi connectivity index (χ4n) is 7.43. The molecule has 1 radical (unpaired) electrons. The van der Waals surface area contributed by atoms with Crippen LogP contribution in [-0.4, -0.2) is 22.6 Å². The Balaban J connectivity index is 0.000000199. The summed E-state index contributed by atoms with van der Waals surface area (Å²) < 4.78 is 3.57. The molecule has 3 heterocycles. The summed E-state index contributed by atoms with van der Waals surface area (Å²) in [7, 11) is -1.34. The van der Waals surface area contributed by atoms with Crippen molar-refractivity contribution in [1.82, 2.24) is 14.5 Å². The summed E-state index contributed by atoms with van der Waals surface area (Å²) in [5, 5.41) is 8.83. The van der Waals surface area contributed by atoms with Crippen molar-refractivity contribution in [2.75, 3.05) is 0 Å². The maximum absolute atomic E-state index is 5.12. The number of para-hydroxylation sites is 2. The average molecular weight is 906 g/mol. The fraction of sp³-hybridized carbons (Fsp3) is 0.234. The minimum atomic E-state index is -1.34. The van der Waals surface area contributed by atoms with Gasteiger partial charge < -0.3 is 9.55 Å². The van der Waals surface area contributed by atoms with Crippen molar-refractivity contribution in [2.24, 2.45) is 5.92 Å². The Morgan fingerprint density at radius 2 is 1.53 bits per heavy atom. The predicted molar refractivity (Wildman–Crippen MR) is 227 cm³/mol. The Kier molecular flexibility index (Phi) is 11.4. The first-order valence-electron chi connectivity index (χ1n) is 18.2. The van der Waals surface area contributed by atoms with Gasteiger partial charge in [0.25, 0.3) is 0 Å². The second kappa shape index (κ2) is 15.7. The van der Waals surface area contributed by atoms with Crippen molar-refractivity contribution >= 4 is 56.5 Å². The molecule has 0 N–H and O–H groups in total. The molecule has 5 aromatic carbocycles. The Morgan fingerprint density at radius 3 is 2.23 bits per heavy atom. The number of fused-ring (bicyclic) bond motifs is 3. The van der Waals surface area contributed by atoms with E-state index in [4.69, 9.17) is 4.98 Å². The van der Waals surface area contributed by atoms with Gasteiger partial charge in [0, 0.05) is 32.0 Å². The van der Waals surface area contributed by atoms with Crippen LogP contribution in [0.15, 0.2) is 103 Å². The molecule has 6 heteroatoms. The van der Waals surface area contributed by atoms with Gasteiger partial charge in [-0.15, -0.1) is 41.3 Å². The quantitative estimate of drug-likeness (QED) is 0.123. The standard InChI is InChI=1S/C29H23N2S.C18H24NSi.Ir/c1-17-9-10-21-15-27-23(14-22(21)13-17)24(16-32-27)29-30-25-7-5-6-8-26(25)31(29)28-19(3)11-18(2)12-20(28)4;1-14(2)11-16-12-17(15-9-7-6-8-10-15)19-13-18(16)20(3,4)5;/h5-15H,1-4H3;6-9,12-14H,11H2,1-5H3;/q2*-1;. The zero-order valence-electron chi connectivity index (χ0n) is 32.2. The summed E-state index contributed by atoms with van der Waals surface area (Å²) in [6.45, 7) is 20.4. The zero-order valence-corrected chi connectivity index (χ0v) is 36.4. The Labute approximate surface area is 333 Å². The van der Waals surface area contributed by atoms with Crippen LogP contribution in [0.1, 0.15) is 41.7 Å². The summed E-state index contributed by atoms with van der Waals surface area (Å²) in [6, 6.07) is 37.8. The van der Waals surface area contributed by atoms with Gasteiger partial charge in [0.1, 0.15) is 0 Å². The molecule has 271 valence electrons. The third-order valence-corrected chi connectivity index (χ3v) is 12.6. The molecule has 0 atom stereocenters. The Hall–Kier alpha value is -4.19. The van der Waals surface area contributed by atoms with Crippen molar-refractivity contribution in [3.05, 3.63) is 143 Å². The molecule has 0 aliphatic heterocycles. The first-order chi connectivity index (χ1) is 24.9. The van der Waals surface area contributed by atoms with E-state index in [0.29, 0.717) is 5.92 Å². The third kappa shape index (κ3) is 8.02. The van der Waals surface area contributed by atoms with E-state index in [1.807, 2.05) is 18.2 Å². The number of rotatable bonds is 6. The summed E-state index contributed by atoms with van der Waals surface area (Å²) >= 11 is 1.67. The third-order valence-electron chi connectivity index (χ3n) is 9.68. The van der Waals surface area contributed by atoms with E-state index in [9.17, 15) is 0 Å². The van der Waals surface area contributed by atoms with Gasteiger partial charge in [-0.25, -0.2) is 0 Å². The molecule has 3 aromatic heterocycles. The maximum atomic E-state index is 5.12. The SMILES string of the molecule is CC(C)Cc1cc(-c2[c-]cccc2)ncc1[Si](C)(C)C.Cc1cc(C)c(-n2c(-c3[c-]sc4cc5ccc(C)cc5cc34)nc3ccccc32)c(C)c1.[Ir]. The number of thiophene rings is 1. The van der Waals surface area contributed by atoms with Crippen molar-refractivity contribution in [3.63, 3.8) is 0 Å². The van der Waals surface area contributed by atoms with Gasteiger partial charge in [0.2, 0.25) is 0 Å². The number of hydrogen-bond donors (Lipinski definition) is 0. The van der Waals surface area contributed by atoms with E-state index in [1.165, 1.54) is 59.5 Å². The number of aromatic nitrogens is 3. The second-order valence-corrected chi connectivity index (χ2v) is 21.5. The predicted octanol–water partition coefficient (Wildman–Crippen LogP) is 12.4. The van der Waals surface area contributed by atoms with Crippen LogP contribution in [-0.2, 0) is 26.5 Å². The minimum Gasteiger partial charge on any atom is -0.333 e. The summed E-state index contributed by atoms with van der Waals surface area (Å²) in [4.78, 5) is 9.81. The van der Waals surface area contributed by atoms with Crippen LogP contribution >= 0.6 is 11.3 Å². The van der Waals surface area contributed by atoms with E-state index in [0.717, 1.165) is 40.1 Å². The number of pyridine rings is 1. The van der Waals surface area contributed by atoms with Crippen LogP contribution in [0.5, 0.6) is 0 Å². The van der Waals surface area contributed by atoms with Crippen molar-refractivity contribution in [1.29, 1.82) is 0 Å². The molecular formula is C47H47IrN3SSi-2. The smallest absolute Gasteiger partial charge is 0.0798 e. The van der Waals surface area contributed by atoms with Gasteiger partial charge in [-0.2, -0.15) is 0 Å². The molecule has 0 bridgehead atoms. The molecule has 0 amide bonds. The van der Waals surface area contributed by atoms with E-state index in [2.05, 4.69) is 167 Å². The summed E-state index contributed by atoms with van der Waals surface area (Å²) in [5.41, 5.74) is 13.1. The van der Waals surface area contributed by atoms with Crippen LogP contribution in [0.4, 0.5) is 0 Å². The second-order valence-electron chi connectivity index (χ2n) is 15.6. The van der Waals surface area contributed by atoms with E-state index >= 15 is 0 Å². The topological polar surface area (TPSA) is 30.7 Å². The van der Waals surface area contributed by atoms with Gasteiger partial charge >= 0.3 is 0 Å². The molecule has 8 rings (SSSR count). The van der Waals surface area contributed by atoms with Crippen LogP contribution in [0, 0.1) is 45.1 Å².